The quantitative estimate of drug-likeness (QED) is 0.0463. The third kappa shape index (κ3) is 17.0. The van der Waals surface area contributed by atoms with Crippen molar-refractivity contribution in [1.29, 1.82) is 5.26 Å². The molecule has 80 heavy (non-hydrogen) atoms. The highest BCUT2D eigenvalue weighted by Gasteiger charge is 2.45. The first-order valence-corrected chi connectivity index (χ1v) is 27.3. The highest BCUT2D eigenvalue weighted by Crippen LogP contribution is 2.36. The first-order chi connectivity index (χ1) is 38.3. The third-order valence-corrected chi connectivity index (χ3v) is 14.0. The van der Waals surface area contributed by atoms with Crippen LogP contribution in [0.2, 0.25) is 0 Å². The first-order valence-electron chi connectivity index (χ1n) is 27.3. The minimum Gasteiger partial charge on any atom is -0.482 e. The molecule has 22 nitrogen and oxygen atoms in total. The van der Waals surface area contributed by atoms with Gasteiger partial charge in [-0.15, -0.1) is 0 Å². The van der Waals surface area contributed by atoms with Crippen molar-refractivity contribution in [3.8, 4) is 22.9 Å². The fourth-order valence-corrected chi connectivity index (χ4v) is 9.42. The zero-order valence-corrected chi connectivity index (χ0v) is 47.3. The van der Waals surface area contributed by atoms with Crippen LogP contribution < -0.4 is 37.1 Å². The number of nitrogens with one attached hydrogen (secondary N) is 5. The molecule has 4 aromatic rings. The van der Waals surface area contributed by atoms with Gasteiger partial charge >= 0.3 is 0 Å². The lowest BCUT2D eigenvalue weighted by atomic mass is 9.85. The Morgan fingerprint density at radius 2 is 1.62 bits per heavy atom. The van der Waals surface area contributed by atoms with Gasteiger partial charge in [0.1, 0.15) is 35.8 Å². The van der Waals surface area contributed by atoms with Crippen LogP contribution in [0.5, 0.6) is 5.75 Å². The summed E-state index contributed by atoms with van der Waals surface area (Å²) in [5.74, 6) is -1.78. The molecule has 1 fully saturated rings. The maximum atomic E-state index is 14.4. The lowest BCUT2D eigenvalue weighted by molar-refractivity contribution is -0.144. The van der Waals surface area contributed by atoms with Gasteiger partial charge in [-0.2, -0.15) is 10.4 Å². The van der Waals surface area contributed by atoms with E-state index < -0.39 is 41.4 Å². The highest BCUT2D eigenvalue weighted by molar-refractivity contribution is 5.96. The third-order valence-electron chi connectivity index (χ3n) is 14.0. The number of carbonyl (C=O) groups excluding carboxylic acids is 5. The largest absolute Gasteiger partial charge is 0.482 e. The van der Waals surface area contributed by atoms with Crippen molar-refractivity contribution in [3.63, 3.8) is 0 Å². The molecular formula is C57H79FN12O10. The van der Waals surface area contributed by atoms with E-state index in [1.807, 2.05) is 58.0 Å². The first kappa shape index (κ1) is 62.1. The molecule has 0 aliphatic carbocycles. The predicted molar refractivity (Wildman–Crippen MR) is 296 cm³/mol. The Kier molecular flexibility index (Phi) is 23.3. The van der Waals surface area contributed by atoms with Gasteiger partial charge in [0.2, 0.25) is 23.6 Å². The van der Waals surface area contributed by atoms with Crippen molar-refractivity contribution < 1.29 is 52.0 Å². The molecule has 1 saturated heterocycles. The van der Waals surface area contributed by atoms with E-state index in [4.69, 9.17) is 34.5 Å². The lowest BCUT2D eigenvalue weighted by Crippen LogP contribution is -2.59. The molecule has 0 unspecified atom stereocenters. The number of aromatic nitrogens is 3. The maximum Gasteiger partial charge on any atom is 0.254 e. The average molecular weight is 1110 g/mol. The van der Waals surface area contributed by atoms with Crippen LogP contribution in [0.1, 0.15) is 106 Å². The Bertz CT molecular complexity index is 2770. The van der Waals surface area contributed by atoms with Crippen molar-refractivity contribution in [2.75, 3.05) is 92.3 Å². The van der Waals surface area contributed by atoms with Crippen molar-refractivity contribution in [1.82, 2.24) is 51.1 Å². The number of hydrogen-bond acceptors (Lipinski definition) is 16. The van der Waals surface area contributed by atoms with Crippen molar-refractivity contribution in [2.45, 2.75) is 110 Å². The zero-order chi connectivity index (χ0) is 57.9. The lowest BCUT2D eigenvalue weighted by Gasteiger charge is -2.36. The fourth-order valence-electron chi connectivity index (χ4n) is 9.42. The number of nitrogen functional groups attached to an aromatic ring is 1. The van der Waals surface area contributed by atoms with Crippen LogP contribution in [-0.4, -0.2) is 165 Å². The second-order valence-corrected chi connectivity index (χ2v) is 20.9. The summed E-state index contributed by atoms with van der Waals surface area (Å²) in [4.78, 5) is 75.1. The number of likely N-dealkylation sites (N-methyl/N-ethyl adjacent to an activating group) is 1. The van der Waals surface area contributed by atoms with E-state index in [9.17, 15) is 33.6 Å². The van der Waals surface area contributed by atoms with Crippen LogP contribution >= 0.6 is 0 Å². The summed E-state index contributed by atoms with van der Waals surface area (Å²) < 4.78 is 44.7. The number of fused-ring (bicyclic) bond motifs is 5. The van der Waals surface area contributed by atoms with E-state index >= 15 is 0 Å². The monoisotopic (exact) mass is 1110 g/mol. The van der Waals surface area contributed by atoms with Crippen LogP contribution in [0.25, 0.3) is 11.1 Å². The molecule has 434 valence electrons. The second kappa shape index (κ2) is 29.9. The number of amides is 5. The Labute approximate surface area is 467 Å². The van der Waals surface area contributed by atoms with Gasteiger partial charge in [-0.3, -0.25) is 28.7 Å². The van der Waals surface area contributed by atoms with Crippen LogP contribution in [0.15, 0.2) is 60.8 Å². The molecular weight excluding hydrogens is 1030 g/mol. The number of nitrogens with two attached hydrogens (primary N) is 1. The van der Waals surface area contributed by atoms with Gasteiger partial charge in [-0.1, -0.05) is 58.0 Å². The Hall–Kier alpha value is -7.07. The summed E-state index contributed by atoms with van der Waals surface area (Å²) in [5, 5.41) is 30.4. The zero-order valence-electron chi connectivity index (χ0n) is 47.3. The molecule has 2 aromatic carbocycles. The molecule has 7 N–H and O–H groups in total. The van der Waals surface area contributed by atoms with Gasteiger partial charge in [0, 0.05) is 67.6 Å². The van der Waals surface area contributed by atoms with Gasteiger partial charge < -0.3 is 65.8 Å². The smallest absolute Gasteiger partial charge is 0.254 e. The molecule has 0 spiro atoms. The predicted octanol–water partition coefficient (Wildman–Crippen LogP) is 3.80. The van der Waals surface area contributed by atoms with Gasteiger partial charge in [-0.05, 0) is 69.0 Å². The number of hydrogen-bond donors (Lipinski definition) is 6. The van der Waals surface area contributed by atoms with E-state index in [0.29, 0.717) is 81.4 Å². The molecule has 5 amide bonds. The number of anilines is 1. The van der Waals surface area contributed by atoms with Crippen LogP contribution in [0, 0.1) is 22.6 Å². The highest BCUT2D eigenvalue weighted by atomic mass is 19.1. The standard InChI is InChI=1S/C57H79FN12O10/c1-9-44(38-13-11-10-12-14-38)65-54(73)46-31-41(34-69(46)56(75)51(57(4,5)6)66-53(72)36(2)61-7)62-19-22-77-24-26-79-28-27-78-25-23-76-21-17-49(71)63-18-20-70-47(32-59)50-39-29-48(52(60)64-33-39)80-37(3)43-30-40(58)15-16-42(43)55(74)68(8)35-45(50)67-70/h10-16,29-30,33,36-37,41,44,46,51,61-62H,9,17-28,31,34-35H2,1-8H3,(H2,60,64)(H,63,71)(H,65,73)(H,66,72)/t36-,37+,41-,44+,46-,51+/m0/s1. The summed E-state index contributed by atoms with van der Waals surface area (Å²) in [6.45, 7) is 14.7. The molecule has 6 rings (SSSR count). The van der Waals surface area contributed by atoms with E-state index in [0.717, 1.165) is 5.56 Å². The van der Waals surface area contributed by atoms with Crippen molar-refractivity contribution in [3.05, 3.63) is 94.7 Å². The van der Waals surface area contributed by atoms with Gasteiger partial charge in [0.25, 0.3) is 5.91 Å². The summed E-state index contributed by atoms with van der Waals surface area (Å²) in [7, 11) is 3.27. The Morgan fingerprint density at radius 3 is 2.27 bits per heavy atom. The average Bonchev–Trinajstić information content (AvgIpc) is 4.17. The van der Waals surface area contributed by atoms with E-state index in [1.165, 1.54) is 34.0 Å². The summed E-state index contributed by atoms with van der Waals surface area (Å²) in [6.07, 6.45) is 1.88. The number of nitriles is 1. The minimum atomic E-state index is -0.859. The van der Waals surface area contributed by atoms with Gasteiger partial charge in [-0.25, -0.2) is 9.37 Å². The number of nitrogens with zero attached hydrogens (tertiary/aromatic N) is 6. The summed E-state index contributed by atoms with van der Waals surface area (Å²) >= 11 is 0. The number of rotatable bonds is 27. The van der Waals surface area contributed by atoms with E-state index in [1.54, 1.807) is 38.9 Å². The molecule has 2 bridgehead atoms. The van der Waals surface area contributed by atoms with Crippen molar-refractivity contribution >= 4 is 35.4 Å². The second-order valence-electron chi connectivity index (χ2n) is 20.9. The summed E-state index contributed by atoms with van der Waals surface area (Å²) in [5.41, 5.74) is 8.61. The molecule has 6 atom stereocenters. The fraction of sp³-hybridized carbons (Fsp3) is 0.544. The molecule has 4 heterocycles. The minimum absolute atomic E-state index is 0.00785. The topological polar surface area (TPSA) is 279 Å². The number of halogens is 1. The normalized spacial score (nSPS) is 17.4. The molecule has 0 radical (unpaired) electrons. The Morgan fingerprint density at radius 1 is 0.950 bits per heavy atom. The molecule has 0 saturated carbocycles. The summed E-state index contributed by atoms with van der Waals surface area (Å²) in [6, 6.07) is 14.9. The van der Waals surface area contributed by atoms with Gasteiger partial charge in [0.05, 0.1) is 83.7 Å². The van der Waals surface area contributed by atoms with Crippen molar-refractivity contribution in [2.24, 2.45) is 5.41 Å². The molecule has 2 aliphatic heterocycles. The van der Waals surface area contributed by atoms with E-state index in [-0.39, 0.29) is 104 Å². The number of carbonyl (C=O) groups is 5. The van der Waals surface area contributed by atoms with Crippen LogP contribution in [-0.2, 0) is 51.2 Å². The molecule has 2 aromatic heterocycles. The number of ether oxygens (including phenoxy) is 5. The van der Waals surface area contributed by atoms with Crippen LogP contribution in [0.3, 0.4) is 0 Å². The Balaban J connectivity index is 0.862. The van der Waals surface area contributed by atoms with E-state index in [2.05, 4.69) is 37.6 Å². The molecule has 2 aliphatic rings. The van der Waals surface area contributed by atoms with Crippen LogP contribution in [0.4, 0.5) is 10.2 Å². The number of pyridine rings is 1. The maximum absolute atomic E-state index is 14.4. The van der Waals surface area contributed by atoms with Gasteiger partial charge in [0.15, 0.2) is 11.6 Å². The molecule has 23 heteroatoms. The number of benzene rings is 2. The SMILES string of the molecule is CC[C@@H](NC(=O)[C@@H]1C[C@H](NCCOCCOCCOCCOCCC(=O)NCCn2nc3c(c2C#N)-c2cnc(N)c(c2)O[C@H](C)c2cc(F)ccc2C(=O)N(C)C3)CN1C(=O)[C@@H](NC(=O)[C@H](C)NC)C(C)(C)C)c1ccccc1. The number of likely N-dealkylation sites (tertiary alicyclic amines) is 1.